The highest BCUT2D eigenvalue weighted by molar-refractivity contribution is 5.83. The molecule has 0 amide bonds. The Balaban J connectivity index is 1.75. The molecule has 0 spiro atoms. The average molecular weight is 491 g/mol. The number of hydrogen-bond acceptors (Lipinski definition) is 3. The lowest BCUT2D eigenvalue weighted by atomic mass is 9.86. The number of pyridine rings is 1. The minimum Gasteiger partial charge on any atom is -0.497 e. The predicted octanol–water partition coefficient (Wildman–Crippen LogP) is 8.82. The van der Waals surface area contributed by atoms with Crippen molar-refractivity contribution in [2.75, 3.05) is 7.11 Å². The largest absolute Gasteiger partial charge is 0.497 e. The molecule has 0 N–H and O–H groups in total. The van der Waals surface area contributed by atoms with Crippen LogP contribution in [0.2, 0.25) is 0 Å². The lowest BCUT2D eigenvalue weighted by Gasteiger charge is -2.19. The van der Waals surface area contributed by atoms with Gasteiger partial charge >= 0.3 is 0 Å². The van der Waals surface area contributed by atoms with Crippen molar-refractivity contribution in [3.8, 4) is 34.2 Å². The highest BCUT2D eigenvalue weighted by atomic mass is 16.5. The van der Waals surface area contributed by atoms with Gasteiger partial charge in [0, 0.05) is 11.1 Å². The van der Waals surface area contributed by atoms with Crippen LogP contribution in [0, 0.1) is 23.2 Å². The van der Waals surface area contributed by atoms with Crippen molar-refractivity contribution in [1.29, 1.82) is 5.26 Å². The number of methoxy groups -OCH3 is 1. The first kappa shape index (κ1) is 26.4. The first-order valence-corrected chi connectivity index (χ1v) is 13.6. The molecule has 0 saturated carbocycles. The monoisotopic (exact) mass is 490 g/mol. The molecule has 2 aromatic carbocycles. The number of ether oxygens (including phenoxy) is 1. The molecule has 3 aromatic rings. The van der Waals surface area contributed by atoms with Crippen LogP contribution in [-0.4, -0.2) is 12.1 Å². The number of fused-ring (bicyclic) bond motifs is 1. The van der Waals surface area contributed by atoms with Gasteiger partial charge in [-0.15, -0.1) is 6.58 Å². The van der Waals surface area contributed by atoms with E-state index in [1.54, 1.807) is 7.11 Å². The highest BCUT2D eigenvalue weighted by Crippen LogP contribution is 2.37. The molecule has 37 heavy (non-hydrogen) atoms. The maximum Gasteiger partial charge on any atom is 0.118 e. The van der Waals surface area contributed by atoms with Crippen molar-refractivity contribution >= 4 is 6.08 Å². The lowest BCUT2D eigenvalue weighted by Crippen LogP contribution is -2.07. The van der Waals surface area contributed by atoms with Crippen molar-refractivity contribution in [2.24, 2.45) is 11.8 Å². The Labute approximate surface area is 222 Å². The van der Waals surface area contributed by atoms with E-state index in [0.29, 0.717) is 5.92 Å². The number of rotatable bonds is 10. The van der Waals surface area contributed by atoms with E-state index < -0.39 is 0 Å². The SMILES string of the molecule is C=CCCC(CC)CC1C=Cc2nc(-c3ccc(OC)cc3)c(-c3ccc(C#N)c(CC)c3)cc2CC1. The second-order valence-corrected chi connectivity index (χ2v) is 10.0. The van der Waals surface area contributed by atoms with E-state index in [0.717, 1.165) is 76.6 Å². The Morgan fingerprint density at radius 2 is 1.92 bits per heavy atom. The molecule has 3 nitrogen and oxygen atoms in total. The molecule has 3 heteroatoms. The van der Waals surface area contributed by atoms with Crippen LogP contribution in [0.4, 0.5) is 0 Å². The molecule has 0 radical (unpaired) electrons. The van der Waals surface area contributed by atoms with Crippen LogP contribution >= 0.6 is 0 Å². The van der Waals surface area contributed by atoms with Crippen molar-refractivity contribution in [1.82, 2.24) is 4.98 Å². The summed E-state index contributed by atoms with van der Waals surface area (Å²) in [6, 6.07) is 19.0. The number of hydrogen-bond donors (Lipinski definition) is 0. The van der Waals surface area contributed by atoms with Crippen LogP contribution in [0.25, 0.3) is 28.5 Å². The Hall–Kier alpha value is -3.64. The molecular formula is C34H38N2O. The van der Waals surface area contributed by atoms with Gasteiger partial charge in [-0.1, -0.05) is 38.5 Å². The normalized spacial score (nSPS) is 15.4. The summed E-state index contributed by atoms with van der Waals surface area (Å²) in [5, 5.41) is 9.55. The Kier molecular flexibility index (Phi) is 8.96. The summed E-state index contributed by atoms with van der Waals surface area (Å²) < 4.78 is 5.39. The maximum absolute atomic E-state index is 9.55. The molecule has 2 atom stereocenters. The van der Waals surface area contributed by atoms with Crippen molar-refractivity contribution in [3.05, 3.63) is 89.6 Å². The van der Waals surface area contributed by atoms with E-state index in [4.69, 9.17) is 9.72 Å². The van der Waals surface area contributed by atoms with Crippen molar-refractivity contribution < 1.29 is 4.74 Å². The zero-order valence-electron chi connectivity index (χ0n) is 22.5. The quantitative estimate of drug-likeness (QED) is 0.267. The van der Waals surface area contributed by atoms with E-state index in [2.05, 4.69) is 69.0 Å². The van der Waals surface area contributed by atoms with E-state index in [-0.39, 0.29) is 0 Å². The minimum atomic E-state index is 0.568. The number of nitrogens with zero attached hydrogens (tertiary/aromatic N) is 2. The van der Waals surface area contributed by atoms with Crippen LogP contribution in [0.1, 0.15) is 68.3 Å². The van der Waals surface area contributed by atoms with Gasteiger partial charge in [-0.3, -0.25) is 0 Å². The van der Waals surface area contributed by atoms with E-state index in [1.807, 2.05) is 24.3 Å². The zero-order valence-corrected chi connectivity index (χ0v) is 22.5. The number of allylic oxidation sites excluding steroid dienone is 2. The van der Waals surface area contributed by atoms with Crippen LogP contribution < -0.4 is 4.74 Å². The third-order valence-electron chi connectivity index (χ3n) is 7.72. The Morgan fingerprint density at radius 1 is 1.14 bits per heavy atom. The molecule has 1 aliphatic carbocycles. The third-order valence-corrected chi connectivity index (χ3v) is 7.72. The fraction of sp³-hybridized carbons (Fsp3) is 0.353. The predicted molar refractivity (Wildman–Crippen MR) is 154 cm³/mol. The topological polar surface area (TPSA) is 45.9 Å². The van der Waals surface area contributed by atoms with E-state index in [9.17, 15) is 5.26 Å². The average Bonchev–Trinajstić information content (AvgIpc) is 3.15. The third kappa shape index (κ3) is 6.20. The molecule has 0 aliphatic heterocycles. The number of nitriles is 1. The highest BCUT2D eigenvalue weighted by Gasteiger charge is 2.20. The Morgan fingerprint density at radius 3 is 2.59 bits per heavy atom. The molecule has 190 valence electrons. The first-order chi connectivity index (χ1) is 18.1. The molecule has 2 unspecified atom stereocenters. The number of aromatic nitrogens is 1. The van der Waals surface area contributed by atoms with Gasteiger partial charge in [-0.05, 0) is 116 Å². The minimum absolute atomic E-state index is 0.568. The van der Waals surface area contributed by atoms with Gasteiger partial charge in [-0.25, -0.2) is 4.98 Å². The van der Waals surface area contributed by atoms with Crippen LogP contribution in [0.15, 0.2) is 67.3 Å². The summed E-state index contributed by atoms with van der Waals surface area (Å²) in [4.78, 5) is 5.25. The van der Waals surface area contributed by atoms with Crippen molar-refractivity contribution in [2.45, 2.75) is 58.8 Å². The molecule has 1 aliphatic rings. The smallest absolute Gasteiger partial charge is 0.118 e. The fourth-order valence-corrected chi connectivity index (χ4v) is 5.40. The van der Waals surface area contributed by atoms with Gasteiger partial charge in [0.25, 0.3) is 0 Å². The lowest BCUT2D eigenvalue weighted by molar-refractivity contribution is 0.373. The van der Waals surface area contributed by atoms with Gasteiger partial charge in [-0.2, -0.15) is 5.26 Å². The van der Waals surface area contributed by atoms with Crippen LogP contribution in [0.3, 0.4) is 0 Å². The summed E-state index contributed by atoms with van der Waals surface area (Å²) >= 11 is 0. The van der Waals surface area contributed by atoms with Gasteiger partial charge in [0.05, 0.1) is 30.1 Å². The van der Waals surface area contributed by atoms with E-state index in [1.165, 1.54) is 24.8 Å². The first-order valence-electron chi connectivity index (χ1n) is 13.6. The summed E-state index contributed by atoms with van der Waals surface area (Å²) in [6.45, 7) is 8.31. The molecule has 0 bridgehead atoms. The number of aryl methyl sites for hydroxylation is 2. The van der Waals surface area contributed by atoms with Gasteiger partial charge < -0.3 is 4.74 Å². The van der Waals surface area contributed by atoms with Gasteiger partial charge in [0.1, 0.15) is 5.75 Å². The summed E-state index contributed by atoms with van der Waals surface area (Å²) in [5.41, 5.74) is 8.44. The summed E-state index contributed by atoms with van der Waals surface area (Å²) in [6.07, 6.45) is 14.4. The standard InChI is InChI=1S/C34H38N2O/c1-5-8-9-24(6-2)20-25-10-12-29-22-32(28-13-14-30(23-35)26(7-3)21-28)34(36-33(29)19-11-25)27-15-17-31(37-4)18-16-27/h5,11,13-19,21-22,24-25H,1,6-10,12,20H2,2-4H3. The second kappa shape index (κ2) is 12.5. The molecule has 0 fully saturated rings. The van der Waals surface area contributed by atoms with Crippen LogP contribution in [-0.2, 0) is 12.8 Å². The molecular weight excluding hydrogens is 452 g/mol. The van der Waals surface area contributed by atoms with E-state index >= 15 is 0 Å². The summed E-state index contributed by atoms with van der Waals surface area (Å²) in [5.74, 6) is 2.13. The number of benzene rings is 2. The summed E-state index contributed by atoms with van der Waals surface area (Å²) in [7, 11) is 1.69. The molecule has 1 aromatic heterocycles. The molecule has 0 saturated heterocycles. The second-order valence-electron chi connectivity index (χ2n) is 10.0. The zero-order chi connectivity index (χ0) is 26.2. The van der Waals surface area contributed by atoms with Crippen LogP contribution in [0.5, 0.6) is 5.75 Å². The molecule has 1 heterocycles. The van der Waals surface area contributed by atoms with Gasteiger partial charge in [0.15, 0.2) is 0 Å². The fourth-order valence-electron chi connectivity index (χ4n) is 5.40. The maximum atomic E-state index is 9.55. The van der Waals surface area contributed by atoms with Crippen molar-refractivity contribution in [3.63, 3.8) is 0 Å². The molecule has 4 rings (SSSR count). The Bertz CT molecular complexity index is 1300. The van der Waals surface area contributed by atoms with Gasteiger partial charge in [0.2, 0.25) is 0 Å².